The van der Waals surface area contributed by atoms with Gasteiger partial charge in [0.1, 0.15) is 0 Å². The number of rotatable bonds is 2. The highest BCUT2D eigenvalue weighted by atomic mass is 35.5. The summed E-state index contributed by atoms with van der Waals surface area (Å²) in [5.74, 6) is 0. The first kappa shape index (κ1) is 13.3. The van der Waals surface area contributed by atoms with Crippen LogP contribution in [-0.2, 0) is 0 Å². The molecular weight excluding hydrogens is 256 g/mol. The van der Waals surface area contributed by atoms with E-state index in [9.17, 15) is 0 Å². The summed E-state index contributed by atoms with van der Waals surface area (Å²) in [6.07, 6.45) is 6.59. The van der Waals surface area contributed by atoms with E-state index in [-0.39, 0.29) is 0 Å². The van der Waals surface area contributed by atoms with Gasteiger partial charge in [-0.05, 0) is 69.8 Å². The fourth-order valence-corrected chi connectivity index (χ4v) is 4.15. The largest absolute Gasteiger partial charge is 0.365 e. The smallest absolute Gasteiger partial charge is 0.0410 e. The lowest BCUT2D eigenvalue weighted by atomic mass is 9.81. The van der Waals surface area contributed by atoms with E-state index in [2.05, 4.69) is 36.3 Å². The third kappa shape index (κ3) is 2.48. The molecule has 0 amide bonds. The third-order valence-corrected chi connectivity index (χ3v) is 5.06. The van der Waals surface area contributed by atoms with E-state index in [4.69, 9.17) is 11.6 Å². The molecule has 2 unspecified atom stereocenters. The van der Waals surface area contributed by atoms with Crippen molar-refractivity contribution in [3.8, 4) is 0 Å². The van der Waals surface area contributed by atoms with Crippen LogP contribution in [0.15, 0.2) is 18.2 Å². The summed E-state index contributed by atoms with van der Waals surface area (Å²) in [7, 11) is 2.10. The minimum Gasteiger partial charge on any atom is -0.365 e. The van der Waals surface area contributed by atoms with Crippen LogP contribution in [0, 0.1) is 6.92 Å². The Balaban J connectivity index is 1.91. The molecule has 1 aromatic rings. The maximum Gasteiger partial charge on any atom is 0.0410 e. The van der Waals surface area contributed by atoms with Crippen LogP contribution >= 0.6 is 11.6 Å². The van der Waals surface area contributed by atoms with Crippen LogP contribution in [-0.4, -0.2) is 25.2 Å². The van der Waals surface area contributed by atoms with Gasteiger partial charge in [0.15, 0.2) is 0 Å². The van der Waals surface area contributed by atoms with Gasteiger partial charge in [0.05, 0.1) is 0 Å². The Labute approximate surface area is 121 Å². The van der Waals surface area contributed by atoms with Crippen molar-refractivity contribution in [2.24, 2.45) is 0 Å². The number of hydrogen-bond donors (Lipinski definition) is 1. The molecule has 2 fully saturated rings. The Bertz CT molecular complexity index is 446. The zero-order valence-electron chi connectivity index (χ0n) is 11.8. The van der Waals surface area contributed by atoms with Gasteiger partial charge in [0, 0.05) is 28.8 Å². The Morgan fingerprint density at radius 3 is 2.47 bits per heavy atom. The van der Waals surface area contributed by atoms with Gasteiger partial charge < -0.3 is 10.2 Å². The molecule has 0 aromatic heterocycles. The Hall–Kier alpha value is -0.730. The molecule has 1 aromatic carbocycles. The molecule has 2 aliphatic rings. The van der Waals surface area contributed by atoms with Gasteiger partial charge in [-0.25, -0.2) is 0 Å². The summed E-state index contributed by atoms with van der Waals surface area (Å²) in [4.78, 5) is 2.68. The van der Waals surface area contributed by atoms with E-state index < -0.39 is 0 Å². The van der Waals surface area contributed by atoms with E-state index in [1.807, 2.05) is 6.07 Å². The minimum absolute atomic E-state index is 0.694. The second-order valence-corrected chi connectivity index (χ2v) is 6.47. The summed E-state index contributed by atoms with van der Waals surface area (Å²) >= 11 is 6.09. The molecular formula is C16H23ClN2. The van der Waals surface area contributed by atoms with Crippen LogP contribution in [0.5, 0.6) is 0 Å². The number of benzene rings is 1. The van der Waals surface area contributed by atoms with Crippen LogP contribution in [0.2, 0.25) is 5.02 Å². The van der Waals surface area contributed by atoms with Crippen molar-refractivity contribution in [1.82, 2.24) is 5.32 Å². The first-order valence-corrected chi connectivity index (χ1v) is 7.78. The van der Waals surface area contributed by atoms with Crippen LogP contribution < -0.4 is 10.2 Å². The van der Waals surface area contributed by atoms with E-state index in [1.165, 1.54) is 43.4 Å². The first-order chi connectivity index (χ1) is 9.19. The van der Waals surface area contributed by atoms with Crippen molar-refractivity contribution in [2.45, 2.75) is 57.2 Å². The molecule has 3 heteroatoms. The Kier molecular flexibility index (Phi) is 3.72. The topological polar surface area (TPSA) is 15.3 Å². The zero-order chi connectivity index (χ0) is 13.4. The number of aryl methyl sites for hydroxylation is 1. The summed E-state index contributed by atoms with van der Waals surface area (Å²) in [6.45, 7) is 2.18. The molecule has 19 heavy (non-hydrogen) atoms. The number of piperidine rings is 2. The van der Waals surface area contributed by atoms with Gasteiger partial charge >= 0.3 is 0 Å². The van der Waals surface area contributed by atoms with Crippen molar-refractivity contribution in [2.75, 3.05) is 11.9 Å². The molecule has 2 bridgehead atoms. The molecule has 3 rings (SSSR count). The van der Waals surface area contributed by atoms with Crippen molar-refractivity contribution >= 4 is 17.3 Å². The quantitative estimate of drug-likeness (QED) is 0.886. The molecule has 2 nitrogen and oxygen atoms in total. The zero-order valence-corrected chi connectivity index (χ0v) is 12.6. The molecule has 2 saturated heterocycles. The van der Waals surface area contributed by atoms with Crippen molar-refractivity contribution < 1.29 is 0 Å². The molecule has 104 valence electrons. The summed E-state index contributed by atoms with van der Waals surface area (Å²) < 4.78 is 0. The number of halogens is 1. The first-order valence-electron chi connectivity index (χ1n) is 7.41. The van der Waals surface area contributed by atoms with Gasteiger partial charge in [-0.2, -0.15) is 0 Å². The predicted molar refractivity (Wildman–Crippen MR) is 82.2 cm³/mol. The average molecular weight is 279 g/mol. The Morgan fingerprint density at radius 1 is 1.21 bits per heavy atom. The van der Waals surface area contributed by atoms with E-state index in [0.29, 0.717) is 18.1 Å². The lowest BCUT2D eigenvalue weighted by Gasteiger charge is -2.50. The number of nitrogens with one attached hydrogen (secondary N) is 1. The highest BCUT2D eigenvalue weighted by Gasteiger charge is 2.38. The molecule has 1 N–H and O–H groups in total. The van der Waals surface area contributed by atoms with Crippen molar-refractivity contribution in [3.05, 3.63) is 28.8 Å². The van der Waals surface area contributed by atoms with E-state index in [0.717, 1.165) is 5.02 Å². The van der Waals surface area contributed by atoms with Crippen LogP contribution in [0.3, 0.4) is 0 Å². The minimum atomic E-state index is 0.694. The normalized spacial score (nSPS) is 30.5. The van der Waals surface area contributed by atoms with Crippen LogP contribution in [0.25, 0.3) is 0 Å². The van der Waals surface area contributed by atoms with E-state index in [1.54, 1.807) is 0 Å². The summed E-state index contributed by atoms with van der Waals surface area (Å²) in [6, 6.07) is 8.43. The molecule has 0 radical (unpaired) electrons. The molecule has 2 aliphatic heterocycles. The second kappa shape index (κ2) is 5.34. The lowest BCUT2D eigenvalue weighted by molar-refractivity contribution is 0.252. The number of hydrogen-bond acceptors (Lipinski definition) is 2. The number of fused-ring (bicyclic) bond motifs is 2. The molecule has 0 spiro atoms. The SMILES string of the molecule is CNC1CC2CCCC(C1)N2c1ccc(Cl)cc1C. The number of anilines is 1. The maximum absolute atomic E-state index is 6.09. The highest BCUT2D eigenvalue weighted by molar-refractivity contribution is 6.30. The highest BCUT2D eigenvalue weighted by Crippen LogP contribution is 2.39. The summed E-state index contributed by atoms with van der Waals surface area (Å²) in [5, 5.41) is 4.32. The standard InChI is InChI=1S/C16H23ClN2/c1-11-8-12(17)6-7-16(11)19-14-4-3-5-15(19)10-13(9-14)18-2/h6-8,13-15,18H,3-5,9-10H2,1-2H3. The van der Waals surface area contributed by atoms with Crippen molar-refractivity contribution in [1.29, 1.82) is 0 Å². The van der Waals surface area contributed by atoms with Gasteiger partial charge in [0.2, 0.25) is 0 Å². The van der Waals surface area contributed by atoms with Gasteiger partial charge in [-0.15, -0.1) is 0 Å². The maximum atomic E-state index is 6.09. The van der Waals surface area contributed by atoms with Gasteiger partial charge in [-0.1, -0.05) is 11.6 Å². The molecule has 0 aliphatic carbocycles. The van der Waals surface area contributed by atoms with E-state index >= 15 is 0 Å². The third-order valence-electron chi connectivity index (χ3n) is 4.82. The monoisotopic (exact) mass is 278 g/mol. The van der Waals surface area contributed by atoms with Crippen LogP contribution in [0.1, 0.15) is 37.7 Å². The van der Waals surface area contributed by atoms with Crippen LogP contribution in [0.4, 0.5) is 5.69 Å². The van der Waals surface area contributed by atoms with Gasteiger partial charge in [-0.3, -0.25) is 0 Å². The second-order valence-electron chi connectivity index (χ2n) is 6.03. The van der Waals surface area contributed by atoms with Crippen molar-refractivity contribution in [3.63, 3.8) is 0 Å². The number of nitrogens with zero attached hydrogens (tertiary/aromatic N) is 1. The fraction of sp³-hybridized carbons (Fsp3) is 0.625. The molecule has 2 atom stereocenters. The summed E-state index contributed by atoms with van der Waals surface area (Å²) in [5.41, 5.74) is 2.71. The molecule has 2 heterocycles. The lowest BCUT2D eigenvalue weighted by Crippen LogP contribution is -2.56. The van der Waals surface area contributed by atoms with Gasteiger partial charge in [0.25, 0.3) is 0 Å². The fourth-order valence-electron chi connectivity index (χ4n) is 3.92. The average Bonchev–Trinajstić information content (AvgIpc) is 2.37. The molecule has 0 saturated carbocycles. The predicted octanol–water partition coefficient (Wildman–Crippen LogP) is 3.76. The Morgan fingerprint density at radius 2 is 1.89 bits per heavy atom.